The van der Waals surface area contributed by atoms with Crippen LogP contribution < -0.4 is 5.32 Å². The van der Waals surface area contributed by atoms with Crippen molar-refractivity contribution in [3.63, 3.8) is 0 Å². The van der Waals surface area contributed by atoms with E-state index in [4.69, 9.17) is 0 Å². The topological polar surface area (TPSA) is 42.0 Å². The zero-order chi connectivity index (χ0) is 19.1. The van der Waals surface area contributed by atoms with Gasteiger partial charge in [-0.05, 0) is 57.1 Å². The molecule has 0 saturated heterocycles. The van der Waals surface area contributed by atoms with E-state index >= 15 is 0 Å². The van der Waals surface area contributed by atoms with Crippen molar-refractivity contribution in [3.05, 3.63) is 57.6 Å². The number of allylic oxidation sites excluding steroid dienone is 1. The number of nitrogens with zero attached hydrogens (tertiary/aromatic N) is 1. The first-order valence-electron chi connectivity index (χ1n) is 9.68. The number of nitrogens with one attached hydrogen (secondary N) is 1. The Morgan fingerprint density at radius 3 is 3.00 bits per heavy atom. The molecule has 0 unspecified atom stereocenters. The summed E-state index contributed by atoms with van der Waals surface area (Å²) in [4.78, 5) is 16.8. The number of rotatable bonds is 8. The second-order valence-electron chi connectivity index (χ2n) is 7.21. The van der Waals surface area contributed by atoms with Gasteiger partial charge in [-0.3, -0.25) is 4.79 Å². The van der Waals surface area contributed by atoms with E-state index in [9.17, 15) is 4.79 Å². The van der Waals surface area contributed by atoms with Crippen molar-refractivity contribution in [2.45, 2.75) is 62.5 Å². The zero-order valence-electron chi connectivity index (χ0n) is 16.2. The summed E-state index contributed by atoms with van der Waals surface area (Å²) in [6, 6.07) is 6.56. The van der Waals surface area contributed by atoms with Crippen LogP contribution in [0.4, 0.5) is 0 Å². The molecule has 0 saturated carbocycles. The van der Waals surface area contributed by atoms with Crippen LogP contribution in [-0.4, -0.2) is 17.4 Å². The highest BCUT2D eigenvalue weighted by Gasteiger charge is 2.10. The molecule has 1 amide bonds. The van der Waals surface area contributed by atoms with Gasteiger partial charge in [-0.25, -0.2) is 4.98 Å². The Morgan fingerprint density at radius 2 is 2.19 bits per heavy atom. The van der Waals surface area contributed by atoms with Gasteiger partial charge in [0.15, 0.2) is 0 Å². The quantitative estimate of drug-likeness (QED) is 0.463. The monoisotopic (exact) mass is 400 g/mol. The fraction of sp³-hybridized carbons (Fsp3) is 0.455. The fourth-order valence-corrected chi connectivity index (χ4v) is 5.16. The van der Waals surface area contributed by atoms with Crippen molar-refractivity contribution >= 4 is 29.0 Å². The van der Waals surface area contributed by atoms with Gasteiger partial charge in [0.25, 0.3) is 0 Å². The van der Waals surface area contributed by atoms with Crippen LogP contribution in [0.25, 0.3) is 0 Å². The lowest BCUT2D eigenvalue weighted by Crippen LogP contribution is -2.26. The van der Waals surface area contributed by atoms with E-state index in [-0.39, 0.29) is 5.91 Å². The minimum Gasteiger partial charge on any atom is -0.355 e. The summed E-state index contributed by atoms with van der Waals surface area (Å²) in [5.74, 6) is 0.990. The molecule has 1 N–H and O–H groups in total. The van der Waals surface area contributed by atoms with Gasteiger partial charge in [0.05, 0.1) is 12.1 Å². The molecular formula is C22H28N2OS2. The Kier molecular flexibility index (Phi) is 7.53. The molecule has 0 fully saturated rings. The van der Waals surface area contributed by atoms with Crippen LogP contribution in [-0.2, 0) is 17.0 Å². The van der Waals surface area contributed by atoms with Crippen molar-refractivity contribution in [3.8, 4) is 0 Å². The largest absolute Gasteiger partial charge is 0.355 e. The smallest absolute Gasteiger partial charge is 0.226 e. The predicted octanol–water partition coefficient (Wildman–Crippen LogP) is 5.60. The van der Waals surface area contributed by atoms with Crippen molar-refractivity contribution in [2.24, 2.45) is 0 Å². The molecular weight excluding hydrogens is 372 g/mol. The number of aromatic nitrogens is 1. The molecule has 3 nitrogen and oxygen atoms in total. The van der Waals surface area contributed by atoms with Crippen molar-refractivity contribution in [2.75, 3.05) is 6.54 Å². The van der Waals surface area contributed by atoms with Gasteiger partial charge in [0.2, 0.25) is 5.91 Å². The second kappa shape index (κ2) is 10.1. The third kappa shape index (κ3) is 6.51. The average Bonchev–Trinajstić information content (AvgIpc) is 3.10. The number of hydrogen-bond donors (Lipinski definition) is 1. The summed E-state index contributed by atoms with van der Waals surface area (Å²) in [7, 11) is 0. The first kappa shape index (κ1) is 20.2. The van der Waals surface area contributed by atoms with E-state index in [1.807, 2.05) is 5.38 Å². The molecule has 0 aliphatic heterocycles. The Hall–Kier alpha value is -1.59. The number of thiazole rings is 1. The predicted molar refractivity (Wildman–Crippen MR) is 115 cm³/mol. The van der Waals surface area contributed by atoms with E-state index in [1.54, 1.807) is 23.1 Å². The van der Waals surface area contributed by atoms with Crippen molar-refractivity contribution in [1.29, 1.82) is 0 Å². The van der Waals surface area contributed by atoms with Gasteiger partial charge in [0.1, 0.15) is 4.34 Å². The summed E-state index contributed by atoms with van der Waals surface area (Å²) in [5.41, 5.74) is 6.33. The minimum atomic E-state index is 0.0720. The normalized spacial score (nSPS) is 14.1. The van der Waals surface area contributed by atoms with Crippen molar-refractivity contribution < 1.29 is 4.79 Å². The first-order chi connectivity index (χ1) is 13.1. The Morgan fingerprint density at radius 1 is 1.30 bits per heavy atom. The van der Waals surface area contributed by atoms with Gasteiger partial charge >= 0.3 is 0 Å². The molecule has 1 heterocycles. The van der Waals surface area contributed by atoms with Crippen LogP contribution in [0.15, 0.2) is 39.6 Å². The molecule has 2 aromatic rings. The Balaban J connectivity index is 1.42. The number of benzene rings is 1. The third-order valence-corrected chi connectivity index (χ3v) is 7.00. The molecule has 144 valence electrons. The van der Waals surface area contributed by atoms with Crippen molar-refractivity contribution in [1.82, 2.24) is 10.3 Å². The van der Waals surface area contributed by atoms with E-state index < -0.39 is 0 Å². The van der Waals surface area contributed by atoms with Crippen LogP contribution in [0.1, 0.15) is 54.5 Å². The number of carbonyl (C=O) groups is 1. The Labute approximate surface area is 170 Å². The lowest BCUT2D eigenvalue weighted by molar-refractivity contribution is -0.120. The van der Waals surface area contributed by atoms with Crippen LogP contribution in [0, 0.1) is 13.8 Å². The molecule has 0 radical (unpaired) electrons. The summed E-state index contributed by atoms with van der Waals surface area (Å²) >= 11 is 3.38. The van der Waals surface area contributed by atoms with Crippen LogP contribution in [0.5, 0.6) is 0 Å². The molecule has 1 aliphatic carbocycles. The third-order valence-electron chi connectivity index (χ3n) is 4.88. The average molecular weight is 401 g/mol. The maximum atomic E-state index is 12.2. The van der Waals surface area contributed by atoms with Crippen LogP contribution in [0.2, 0.25) is 0 Å². The first-order valence-corrected chi connectivity index (χ1v) is 11.5. The molecule has 0 atom stereocenters. The maximum Gasteiger partial charge on any atom is 0.226 e. The lowest BCUT2D eigenvalue weighted by atomic mass is 9.97. The number of aryl methyl sites for hydroxylation is 2. The molecule has 1 aliphatic rings. The molecule has 1 aromatic heterocycles. The molecule has 0 bridgehead atoms. The summed E-state index contributed by atoms with van der Waals surface area (Å²) in [6.45, 7) is 5.01. The van der Waals surface area contributed by atoms with E-state index in [0.717, 1.165) is 28.8 Å². The van der Waals surface area contributed by atoms with Crippen LogP contribution >= 0.6 is 23.1 Å². The van der Waals surface area contributed by atoms with Gasteiger partial charge in [-0.15, -0.1) is 11.3 Å². The van der Waals surface area contributed by atoms with Crippen LogP contribution in [0.3, 0.4) is 0 Å². The SMILES string of the molecule is Cc1ccc(C)c(CSc2nc(CC(=O)NCCC3=CCCCC3)cs2)c1. The highest BCUT2D eigenvalue weighted by molar-refractivity contribution is 8.00. The summed E-state index contributed by atoms with van der Waals surface area (Å²) in [6.07, 6.45) is 8.70. The fourth-order valence-electron chi connectivity index (χ4n) is 3.25. The summed E-state index contributed by atoms with van der Waals surface area (Å²) in [5, 5.41) is 5.05. The molecule has 27 heavy (non-hydrogen) atoms. The summed E-state index contributed by atoms with van der Waals surface area (Å²) < 4.78 is 1.03. The maximum absolute atomic E-state index is 12.2. The second-order valence-corrected chi connectivity index (χ2v) is 9.29. The highest BCUT2D eigenvalue weighted by Crippen LogP contribution is 2.28. The highest BCUT2D eigenvalue weighted by atomic mass is 32.2. The van der Waals surface area contributed by atoms with E-state index in [1.165, 1.54) is 47.9 Å². The Bertz CT molecular complexity index is 810. The number of hydrogen-bond acceptors (Lipinski definition) is 4. The van der Waals surface area contributed by atoms with E-state index in [0.29, 0.717) is 6.42 Å². The molecule has 1 aromatic carbocycles. The standard InChI is InChI=1S/C22H28N2OS2/c1-16-8-9-17(2)19(12-16)14-26-22-24-20(15-27-22)13-21(25)23-11-10-18-6-4-3-5-7-18/h6,8-9,12,15H,3-5,7,10-11,13-14H2,1-2H3,(H,23,25). The number of thioether (sulfide) groups is 1. The number of carbonyl (C=O) groups excluding carboxylic acids is 1. The van der Waals surface area contributed by atoms with Gasteiger partial charge < -0.3 is 5.32 Å². The van der Waals surface area contributed by atoms with Gasteiger partial charge in [-0.1, -0.05) is 47.2 Å². The molecule has 3 rings (SSSR count). The zero-order valence-corrected chi connectivity index (χ0v) is 17.8. The number of amides is 1. The van der Waals surface area contributed by atoms with Gasteiger partial charge in [-0.2, -0.15) is 0 Å². The molecule has 5 heteroatoms. The minimum absolute atomic E-state index is 0.0720. The van der Waals surface area contributed by atoms with E-state index in [2.05, 4.69) is 48.4 Å². The van der Waals surface area contributed by atoms with Gasteiger partial charge in [0, 0.05) is 17.7 Å². The molecule has 0 spiro atoms. The lowest BCUT2D eigenvalue weighted by Gasteiger charge is -2.12.